The maximum Gasteiger partial charge on any atom is 0.166 e. The van der Waals surface area contributed by atoms with Gasteiger partial charge in [-0.3, -0.25) is 9.69 Å². The Kier molecular flexibility index (Phi) is 4.93. The minimum absolute atomic E-state index is 0.0469. The van der Waals surface area contributed by atoms with Crippen LogP contribution < -0.4 is 9.47 Å². The first-order chi connectivity index (χ1) is 12.7. The van der Waals surface area contributed by atoms with Crippen molar-refractivity contribution in [1.82, 2.24) is 4.90 Å². The molecule has 0 spiro atoms. The SMILES string of the molecule is Cc1ccc2c(c1)OC(CN1CCC(C(=O)c3ccccc3)CC1)CO2. The van der Waals surface area contributed by atoms with E-state index >= 15 is 0 Å². The molecule has 1 unspecified atom stereocenters. The number of hydrogen-bond acceptors (Lipinski definition) is 4. The molecule has 0 amide bonds. The number of hydrogen-bond donors (Lipinski definition) is 0. The van der Waals surface area contributed by atoms with Gasteiger partial charge in [-0.1, -0.05) is 36.4 Å². The van der Waals surface area contributed by atoms with Gasteiger partial charge in [0, 0.05) is 18.0 Å². The largest absolute Gasteiger partial charge is 0.486 e. The average molecular weight is 351 g/mol. The number of ketones is 1. The van der Waals surface area contributed by atoms with Crippen molar-refractivity contribution < 1.29 is 14.3 Å². The molecule has 1 saturated heterocycles. The molecule has 2 heterocycles. The van der Waals surface area contributed by atoms with E-state index in [0.29, 0.717) is 6.61 Å². The molecule has 2 aliphatic rings. The normalized spacial score (nSPS) is 20.7. The third-order valence-corrected chi connectivity index (χ3v) is 5.30. The smallest absolute Gasteiger partial charge is 0.166 e. The topological polar surface area (TPSA) is 38.8 Å². The number of nitrogens with zero attached hydrogens (tertiary/aromatic N) is 1. The molecule has 2 aromatic carbocycles. The molecule has 2 aromatic rings. The van der Waals surface area contributed by atoms with Crippen LogP contribution in [-0.4, -0.2) is 43.0 Å². The molecule has 4 rings (SSSR count). The van der Waals surface area contributed by atoms with E-state index in [4.69, 9.17) is 9.47 Å². The minimum atomic E-state index is 0.0469. The summed E-state index contributed by atoms with van der Waals surface area (Å²) in [5.74, 6) is 2.10. The van der Waals surface area contributed by atoms with Gasteiger partial charge >= 0.3 is 0 Å². The lowest BCUT2D eigenvalue weighted by molar-refractivity contribution is 0.0462. The van der Waals surface area contributed by atoms with Gasteiger partial charge in [0.05, 0.1) is 0 Å². The number of aryl methyl sites for hydroxylation is 1. The van der Waals surface area contributed by atoms with Crippen molar-refractivity contribution in [3.05, 3.63) is 59.7 Å². The first-order valence-electron chi connectivity index (χ1n) is 9.41. The lowest BCUT2D eigenvalue weighted by Crippen LogP contribution is -2.45. The lowest BCUT2D eigenvalue weighted by atomic mass is 9.89. The van der Waals surface area contributed by atoms with Gasteiger partial charge in [0.25, 0.3) is 0 Å². The predicted molar refractivity (Wildman–Crippen MR) is 101 cm³/mol. The standard InChI is InChI=1S/C22H25NO3/c1-16-7-8-20-21(13-16)26-19(15-25-20)14-23-11-9-18(10-12-23)22(24)17-5-3-2-4-6-17/h2-8,13,18-19H,9-12,14-15H2,1H3. The second-order valence-electron chi connectivity index (χ2n) is 7.31. The van der Waals surface area contributed by atoms with Gasteiger partial charge < -0.3 is 9.47 Å². The number of carbonyl (C=O) groups excluding carboxylic acids is 1. The van der Waals surface area contributed by atoms with Crippen LogP contribution in [0.15, 0.2) is 48.5 Å². The average Bonchev–Trinajstić information content (AvgIpc) is 2.68. The second-order valence-corrected chi connectivity index (χ2v) is 7.31. The fourth-order valence-corrected chi connectivity index (χ4v) is 3.82. The molecule has 1 atom stereocenters. The summed E-state index contributed by atoms with van der Waals surface area (Å²) in [5, 5.41) is 0. The molecule has 4 nitrogen and oxygen atoms in total. The van der Waals surface area contributed by atoms with Crippen molar-refractivity contribution in [1.29, 1.82) is 0 Å². The Morgan fingerprint density at radius 2 is 1.85 bits per heavy atom. The summed E-state index contributed by atoms with van der Waals surface area (Å²) in [4.78, 5) is 15.0. The Labute approximate surface area is 154 Å². The second kappa shape index (κ2) is 7.50. The van der Waals surface area contributed by atoms with Crippen LogP contribution in [0.2, 0.25) is 0 Å². The molecule has 136 valence electrons. The number of likely N-dealkylation sites (tertiary alicyclic amines) is 1. The fourth-order valence-electron chi connectivity index (χ4n) is 3.82. The summed E-state index contributed by atoms with van der Waals surface area (Å²) in [6.45, 7) is 5.36. The Morgan fingerprint density at radius 1 is 1.08 bits per heavy atom. The molecule has 0 N–H and O–H groups in total. The molecule has 0 saturated carbocycles. The van der Waals surface area contributed by atoms with E-state index in [1.807, 2.05) is 48.5 Å². The van der Waals surface area contributed by atoms with Gasteiger partial charge in [0.15, 0.2) is 17.3 Å². The predicted octanol–water partition coefficient (Wildman–Crippen LogP) is 3.73. The van der Waals surface area contributed by atoms with Crippen LogP contribution in [-0.2, 0) is 0 Å². The highest BCUT2D eigenvalue weighted by molar-refractivity contribution is 5.97. The Hall–Kier alpha value is -2.33. The van der Waals surface area contributed by atoms with Crippen LogP contribution in [0.25, 0.3) is 0 Å². The number of piperidine rings is 1. The van der Waals surface area contributed by atoms with Crippen LogP contribution in [0.1, 0.15) is 28.8 Å². The van der Waals surface area contributed by atoms with Crippen LogP contribution >= 0.6 is 0 Å². The van der Waals surface area contributed by atoms with Crippen LogP contribution in [0, 0.1) is 12.8 Å². The van der Waals surface area contributed by atoms with Gasteiger partial charge in [0.1, 0.15) is 12.7 Å². The fraction of sp³-hybridized carbons (Fsp3) is 0.409. The molecule has 1 fully saturated rings. The molecule has 0 aromatic heterocycles. The van der Waals surface area contributed by atoms with Crippen molar-refractivity contribution in [2.75, 3.05) is 26.2 Å². The van der Waals surface area contributed by atoms with E-state index in [0.717, 1.165) is 49.5 Å². The van der Waals surface area contributed by atoms with Gasteiger partial charge in [-0.15, -0.1) is 0 Å². The Bertz CT molecular complexity index is 766. The van der Waals surface area contributed by atoms with E-state index in [1.165, 1.54) is 5.56 Å². The lowest BCUT2D eigenvalue weighted by Gasteiger charge is -2.35. The molecule has 0 aliphatic carbocycles. The summed E-state index contributed by atoms with van der Waals surface area (Å²) < 4.78 is 12.0. The first-order valence-corrected chi connectivity index (χ1v) is 9.41. The van der Waals surface area contributed by atoms with Gasteiger partial charge in [-0.2, -0.15) is 0 Å². The molecule has 26 heavy (non-hydrogen) atoms. The maximum absolute atomic E-state index is 12.6. The molecular formula is C22H25NO3. The third-order valence-electron chi connectivity index (χ3n) is 5.30. The summed E-state index contributed by atoms with van der Waals surface area (Å²) in [5.41, 5.74) is 2.01. The van der Waals surface area contributed by atoms with Gasteiger partial charge in [-0.25, -0.2) is 0 Å². The Morgan fingerprint density at radius 3 is 2.62 bits per heavy atom. The third kappa shape index (κ3) is 3.75. The van der Waals surface area contributed by atoms with Crippen molar-refractivity contribution in [2.24, 2.45) is 5.92 Å². The van der Waals surface area contributed by atoms with Crippen LogP contribution in [0.4, 0.5) is 0 Å². The summed E-state index contributed by atoms with van der Waals surface area (Å²) >= 11 is 0. The summed E-state index contributed by atoms with van der Waals surface area (Å²) in [6.07, 6.45) is 1.87. The quantitative estimate of drug-likeness (QED) is 0.787. The molecule has 0 radical (unpaired) electrons. The number of benzene rings is 2. The summed E-state index contributed by atoms with van der Waals surface area (Å²) in [6, 6.07) is 15.7. The van der Waals surface area contributed by atoms with E-state index < -0.39 is 0 Å². The highest BCUT2D eigenvalue weighted by Gasteiger charge is 2.29. The zero-order chi connectivity index (χ0) is 17.9. The van der Waals surface area contributed by atoms with Crippen LogP contribution in [0.5, 0.6) is 11.5 Å². The molecule has 4 heteroatoms. The number of fused-ring (bicyclic) bond motifs is 1. The van der Waals surface area contributed by atoms with Crippen molar-refractivity contribution >= 4 is 5.78 Å². The monoisotopic (exact) mass is 351 g/mol. The summed E-state index contributed by atoms with van der Waals surface area (Å²) in [7, 11) is 0. The zero-order valence-electron chi connectivity index (χ0n) is 15.2. The highest BCUT2D eigenvalue weighted by atomic mass is 16.6. The van der Waals surface area contributed by atoms with E-state index in [1.54, 1.807) is 0 Å². The first kappa shape index (κ1) is 17.1. The zero-order valence-corrected chi connectivity index (χ0v) is 15.2. The maximum atomic E-state index is 12.6. The minimum Gasteiger partial charge on any atom is -0.486 e. The van der Waals surface area contributed by atoms with E-state index in [9.17, 15) is 4.79 Å². The number of Topliss-reactive ketones (excluding diaryl/α,β-unsaturated/α-hetero) is 1. The molecule has 2 aliphatic heterocycles. The van der Waals surface area contributed by atoms with Crippen LogP contribution in [0.3, 0.4) is 0 Å². The van der Waals surface area contributed by atoms with E-state index in [2.05, 4.69) is 11.8 Å². The van der Waals surface area contributed by atoms with Crippen molar-refractivity contribution in [3.63, 3.8) is 0 Å². The van der Waals surface area contributed by atoms with Crippen molar-refractivity contribution in [2.45, 2.75) is 25.9 Å². The van der Waals surface area contributed by atoms with Gasteiger partial charge in [0.2, 0.25) is 0 Å². The number of rotatable bonds is 4. The molecular weight excluding hydrogens is 326 g/mol. The Balaban J connectivity index is 1.30. The highest BCUT2D eigenvalue weighted by Crippen LogP contribution is 2.33. The number of carbonyl (C=O) groups is 1. The number of ether oxygens (including phenoxy) is 2. The van der Waals surface area contributed by atoms with Crippen molar-refractivity contribution in [3.8, 4) is 11.5 Å². The molecule has 0 bridgehead atoms. The van der Waals surface area contributed by atoms with Gasteiger partial charge in [-0.05, 0) is 50.6 Å². The van der Waals surface area contributed by atoms with E-state index in [-0.39, 0.29) is 17.8 Å².